The summed E-state index contributed by atoms with van der Waals surface area (Å²) >= 11 is 0. The van der Waals surface area contributed by atoms with E-state index in [1.54, 1.807) is 0 Å². The molecule has 0 aliphatic heterocycles. The molecule has 124 valence electrons. The van der Waals surface area contributed by atoms with Crippen LogP contribution in [0.25, 0.3) is 39.5 Å². The molecule has 1 nitrogen and oxygen atoms in total. The van der Waals surface area contributed by atoms with Gasteiger partial charge in [-0.05, 0) is 37.5 Å². The minimum Gasteiger partial charge on any atom is -0.309 e. The minimum atomic E-state index is 1.08. The molecule has 0 atom stereocenters. The van der Waals surface area contributed by atoms with Crippen molar-refractivity contribution in [2.24, 2.45) is 0 Å². The lowest BCUT2D eigenvalue weighted by atomic mass is 10.0. The topological polar surface area (TPSA) is 4.93 Å². The zero-order valence-corrected chi connectivity index (χ0v) is 14.9. The smallest absolute Gasteiger partial charge is 0.0619 e. The number of nitrogens with zero attached hydrogens (tertiary/aromatic N) is 1. The molecule has 0 saturated heterocycles. The third kappa shape index (κ3) is 2.78. The predicted molar refractivity (Wildman–Crippen MR) is 114 cm³/mol. The third-order valence-corrected chi connectivity index (χ3v) is 4.34. The number of hydrogen-bond donors (Lipinski definition) is 0. The van der Waals surface area contributed by atoms with Crippen molar-refractivity contribution in [3.63, 3.8) is 0 Å². The Kier molecular flexibility index (Phi) is 4.85. The fraction of sp³-hybridized carbons (Fsp3) is 0.0833. The van der Waals surface area contributed by atoms with Crippen molar-refractivity contribution in [1.82, 2.24) is 4.57 Å². The van der Waals surface area contributed by atoms with Gasteiger partial charge in [-0.2, -0.15) is 0 Å². The van der Waals surface area contributed by atoms with Crippen LogP contribution in [0.2, 0.25) is 0 Å². The molecule has 0 radical (unpaired) electrons. The Morgan fingerprint density at radius 2 is 1.76 bits per heavy atom. The molecule has 0 spiro atoms. The van der Waals surface area contributed by atoms with Gasteiger partial charge in [-0.3, -0.25) is 0 Å². The Hall–Kier alpha value is -3.06. The van der Waals surface area contributed by atoms with Gasteiger partial charge in [-0.15, -0.1) is 0 Å². The van der Waals surface area contributed by atoms with Crippen molar-refractivity contribution in [3.05, 3.63) is 91.2 Å². The molecule has 0 N–H and O–H groups in total. The van der Waals surface area contributed by atoms with Crippen molar-refractivity contribution in [3.8, 4) is 0 Å². The Bertz CT molecular complexity index is 1040. The van der Waals surface area contributed by atoms with Gasteiger partial charge in [-0.25, -0.2) is 0 Å². The van der Waals surface area contributed by atoms with Crippen molar-refractivity contribution in [1.29, 1.82) is 0 Å². The van der Waals surface area contributed by atoms with E-state index >= 15 is 0 Å². The van der Waals surface area contributed by atoms with Crippen LogP contribution >= 0.6 is 0 Å². The summed E-state index contributed by atoms with van der Waals surface area (Å²) < 4.78 is 2.30. The molecule has 1 aromatic heterocycles. The summed E-state index contributed by atoms with van der Waals surface area (Å²) in [6.07, 6.45) is 14.2. The van der Waals surface area contributed by atoms with Crippen LogP contribution in [0.5, 0.6) is 0 Å². The van der Waals surface area contributed by atoms with Gasteiger partial charge in [-0.1, -0.05) is 73.9 Å². The van der Waals surface area contributed by atoms with Gasteiger partial charge < -0.3 is 4.57 Å². The van der Waals surface area contributed by atoms with E-state index in [9.17, 15) is 0 Å². The standard InChI is InChI=1S/C24H23N/c1-5-11-19(12-6-2)25-23(13-7-3)20(8-4)22-17-16-18-14-9-10-15-21(18)24(22)25/h5-17H,1,4H2,2-3H3/b12-6-,13-7-,19-11+. The van der Waals surface area contributed by atoms with Crippen LogP contribution in [0, 0.1) is 0 Å². The first kappa shape index (κ1) is 16.8. The number of hydrogen-bond acceptors (Lipinski definition) is 0. The molecule has 0 saturated carbocycles. The van der Waals surface area contributed by atoms with E-state index in [1.807, 2.05) is 32.1 Å². The molecule has 3 rings (SSSR count). The number of aromatic nitrogens is 1. The molecule has 0 aliphatic carbocycles. The summed E-state index contributed by atoms with van der Waals surface area (Å²) in [5.41, 5.74) is 4.57. The molecule has 25 heavy (non-hydrogen) atoms. The van der Waals surface area contributed by atoms with Crippen LogP contribution in [0.4, 0.5) is 0 Å². The monoisotopic (exact) mass is 325 g/mol. The average molecular weight is 325 g/mol. The Balaban J connectivity index is 2.61. The highest BCUT2D eigenvalue weighted by atomic mass is 15.0. The van der Waals surface area contributed by atoms with Crippen molar-refractivity contribution in [2.45, 2.75) is 13.8 Å². The van der Waals surface area contributed by atoms with E-state index < -0.39 is 0 Å². The first-order valence-corrected chi connectivity index (χ1v) is 8.53. The number of rotatable bonds is 5. The summed E-state index contributed by atoms with van der Waals surface area (Å²) in [7, 11) is 0. The zero-order valence-electron chi connectivity index (χ0n) is 14.9. The Labute approximate surface area is 149 Å². The predicted octanol–water partition coefficient (Wildman–Crippen LogP) is 7.07. The fourth-order valence-corrected chi connectivity index (χ4v) is 3.39. The quantitative estimate of drug-likeness (QED) is 0.442. The van der Waals surface area contributed by atoms with Crippen molar-refractivity contribution < 1.29 is 0 Å². The molecule has 2 aromatic carbocycles. The van der Waals surface area contributed by atoms with Gasteiger partial charge in [0.15, 0.2) is 0 Å². The zero-order chi connectivity index (χ0) is 17.8. The summed E-state index contributed by atoms with van der Waals surface area (Å²) in [5.74, 6) is 0. The second-order valence-corrected chi connectivity index (χ2v) is 5.85. The molecule has 0 bridgehead atoms. The van der Waals surface area contributed by atoms with E-state index in [4.69, 9.17) is 0 Å². The van der Waals surface area contributed by atoms with Crippen molar-refractivity contribution in [2.75, 3.05) is 0 Å². The maximum Gasteiger partial charge on any atom is 0.0619 e. The van der Waals surface area contributed by atoms with Gasteiger partial charge in [0.1, 0.15) is 0 Å². The van der Waals surface area contributed by atoms with Gasteiger partial charge in [0.05, 0.1) is 11.2 Å². The fourth-order valence-electron chi connectivity index (χ4n) is 3.39. The van der Waals surface area contributed by atoms with Gasteiger partial charge in [0.25, 0.3) is 0 Å². The SMILES string of the molecule is C=C/C=C(\C=C/C)n1c(/C=C\C)c(C=C)c2ccc3ccccc3c21. The maximum absolute atomic E-state index is 4.06. The van der Waals surface area contributed by atoms with Crippen molar-refractivity contribution >= 4 is 39.5 Å². The number of allylic oxidation sites excluding steroid dienone is 6. The number of benzene rings is 2. The normalized spacial score (nSPS) is 12.6. The highest BCUT2D eigenvalue weighted by Gasteiger charge is 2.17. The first-order chi connectivity index (χ1) is 12.3. The highest BCUT2D eigenvalue weighted by Crippen LogP contribution is 2.36. The average Bonchev–Trinajstić information content (AvgIpc) is 2.95. The van der Waals surface area contributed by atoms with Gasteiger partial charge in [0.2, 0.25) is 0 Å². The minimum absolute atomic E-state index is 1.08. The van der Waals surface area contributed by atoms with E-state index in [1.165, 1.54) is 21.7 Å². The molecule has 3 aromatic rings. The van der Waals surface area contributed by atoms with Crippen LogP contribution in [0.1, 0.15) is 25.1 Å². The lowest BCUT2D eigenvalue weighted by Gasteiger charge is -2.12. The summed E-state index contributed by atoms with van der Waals surface area (Å²) in [5, 5.41) is 3.68. The Morgan fingerprint density at radius 1 is 0.960 bits per heavy atom. The van der Waals surface area contributed by atoms with Gasteiger partial charge in [0, 0.05) is 22.0 Å². The maximum atomic E-state index is 4.06. The van der Waals surface area contributed by atoms with Gasteiger partial charge >= 0.3 is 0 Å². The van der Waals surface area contributed by atoms with E-state index in [2.05, 4.69) is 78.4 Å². The molecular formula is C24H23N. The van der Waals surface area contributed by atoms with Crippen LogP contribution in [-0.4, -0.2) is 4.57 Å². The summed E-state index contributed by atoms with van der Waals surface area (Å²) in [6.45, 7) is 12.0. The van der Waals surface area contributed by atoms with Crippen LogP contribution in [0.15, 0.2) is 79.9 Å². The first-order valence-electron chi connectivity index (χ1n) is 8.53. The molecule has 0 amide bonds. The van der Waals surface area contributed by atoms with Crippen LogP contribution < -0.4 is 0 Å². The Morgan fingerprint density at radius 3 is 2.44 bits per heavy atom. The molecule has 1 heteroatoms. The molecule has 0 fully saturated rings. The lowest BCUT2D eigenvalue weighted by Crippen LogP contribution is -1.98. The summed E-state index contributed by atoms with van der Waals surface area (Å²) in [6, 6.07) is 12.9. The molecular weight excluding hydrogens is 302 g/mol. The molecule has 1 heterocycles. The van der Waals surface area contributed by atoms with E-state index in [-0.39, 0.29) is 0 Å². The molecule has 0 unspecified atom stereocenters. The summed E-state index contributed by atoms with van der Waals surface area (Å²) in [4.78, 5) is 0. The third-order valence-electron chi connectivity index (χ3n) is 4.34. The number of fused-ring (bicyclic) bond motifs is 3. The lowest BCUT2D eigenvalue weighted by molar-refractivity contribution is 1.16. The molecule has 0 aliphatic rings. The largest absolute Gasteiger partial charge is 0.309 e. The van der Waals surface area contributed by atoms with E-state index in [0.717, 1.165) is 17.0 Å². The van der Waals surface area contributed by atoms with Crippen LogP contribution in [-0.2, 0) is 0 Å². The second-order valence-electron chi connectivity index (χ2n) is 5.85. The van der Waals surface area contributed by atoms with Crippen LogP contribution in [0.3, 0.4) is 0 Å². The second kappa shape index (κ2) is 7.23. The highest BCUT2D eigenvalue weighted by molar-refractivity contribution is 6.11. The van der Waals surface area contributed by atoms with E-state index in [0.29, 0.717) is 0 Å².